The molecule has 3 heterocycles. The van der Waals surface area contributed by atoms with Crippen LogP contribution in [0.1, 0.15) is 27.7 Å². The third-order valence-corrected chi connectivity index (χ3v) is 7.97. The summed E-state index contributed by atoms with van der Waals surface area (Å²) in [6.45, 7) is 8.24. The van der Waals surface area contributed by atoms with Crippen molar-refractivity contribution in [3.05, 3.63) is 97.1 Å². The smallest absolute Gasteiger partial charge is 0.455 e. The molecule has 0 unspecified atom stereocenters. The van der Waals surface area contributed by atoms with Crippen LogP contribution in [0.4, 0.5) is 0 Å². The molecule has 0 saturated carbocycles. The number of benzene rings is 4. The molecule has 6 nitrogen and oxygen atoms in total. The molecule has 0 atom stereocenters. The topological polar surface area (TPSA) is 70.3 Å². The van der Waals surface area contributed by atoms with E-state index in [2.05, 4.69) is 39.8 Å². The molecule has 7 rings (SSSR count). The van der Waals surface area contributed by atoms with E-state index in [1.807, 2.05) is 84.9 Å². The number of furan rings is 1. The van der Waals surface area contributed by atoms with E-state index in [9.17, 15) is 0 Å². The fraction of sp³-hybridized carbons (Fsp3) is 0.182. The molecule has 0 spiro atoms. The first-order valence-corrected chi connectivity index (χ1v) is 13.5. The van der Waals surface area contributed by atoms with Crippen LogP contribution in [0, 0.1) is 0 Å². The molecule has 2 aromatic heterocycles. The van der Waals surface area contributed by atoms with Crippen molar-refractivity contribution >= 4 is 34.5 Å². The van der Waals surface area contributed by atoms with E-state index in [0.29, 0.717) is 23.1 Å². The molecule has 0 radical (unpaired) electrons. The molecule has 4 aromatic carbocycles. The highest BCUT2D eigenvalue weighted by atomic mass is 16.7. The summed E-state index contributed by atoms with van der Waals surface area (Å²) >= 11 is 0. The Kier molecular flexibility index (Phi) is 5.63. The van der Waals surface area contributed by atoms with Crippen LogP contribution >= 0.6 is 0 Å². The summed E-state index contributed by atoms with van der Waals surface area (Å²) in [5, 5.41) is 1.97. The van der Waals surface area contributed by atoms with E-state index in [1.165, 1.54) is 0 Å². The number of nitrogens with zero attached hydrogens (tertiary/aromatic N) is 3. The van der Waals surface area contributed by atoms with Crippen molar-refractivity contribution in [2.24, 2.45) is 0 Å². The SMILES string of the molecule is CC1(C)OB(c2cc(-c3nc(-c4ccccc4)nc(-c4ccccc4)n3)c3oc4ccccc4c3c2)OC1(C)C. The summed E-state index contributed by atoms with van der Waals surface area (Å²) in [7, 11) is -0.550. The third-order valence-electron chi connectivity index (χ3n) is 7.97. The van der Waals surface area contributed by atoms with Crippen molar-refractivity contribution in [2.45, 2.75) is 38.9 Å². The highest BCUT2D eigenvalue weighted by molar-refractivity contribution is 6.62. The van der Waals surface area contributed by atoms with E-state index in [-0.39, 0.29) is 0 Å². The van der Waals surface area contributed by atoms with Gasteiger partial charge in [0.2, 0.25) is 0 Å². The zero-order chi connectivity index (χ0) is 27.5. The Labute approximate surface area is 233 Å². The van der Waals surface area contributed by atoms with Gasteiger partial charge < -0.3 is 13.7 Å². The van der Waals surface area contributed by atoms with E-state index in [1.54, 1.807) is 0 Å². The maximum absolute atomic E-state index is 6.46. The lowest BCUT2D eigenvalue weighted by atomic mass is 9.77. The molecule has 0 aliphatic carbocycles. The molecular formula is C33H28BN3O3. The molecule has 1 fully saturated rings. The first kappa shape index (κ1) is 24.7. The number of hydrogen-bond donors (Lipinski definition) is 0. The maximum Gasteiger partial charge on any atom is 0.494 e. The number of para-hydroxylation sites is 1. The quantitative estimate of drug-likeness (QED) is 0.229. The second-order valence-corrected chi connectivity index (χ2v) is 11.2. The second-order valence-electron chi connectivity index (χ2n) is 11.2. The third kappa shape index (κ3) is 4.10. The van der Waals surface area contributed by atoms with Crippen molar-refractivity contribution in [3.8, 4) is 34.2 Å². The molecule has 196 valence electrons. The average molecular weight is 525 g/mol. The van der Waals surface area contributed by atoms with Gasteiger partial charge in [-0.25, -0.2) is 15.0 Å². The van der Waals surface area contributed by atoms with Gasteiger partial charge in [0, 0.05) is 21.9 Å². The van der Waals surface area contributed by atoms with Gasteiger partial charge in [-0.05, 0) is 45.3 Å². The van der Waals surface area contributed by atoms with Gasteiger partial charge in [0.1, 0.15) is 11.2 Å². The second kappa shape index (κ2) is 9.12. The molecule has 7 heteroatoms. The van der Waals surface area contributed by atoms with Gasteiger partial charge in [-0.2, -0.15) is 0 Å². The molecule has 0 N–H and O–H groups in total. The molecule has 1 aliphatic rings. The Hall–Kier alpha value is -4.33. The fourth-order valence-corrected chi connectivity index (χ4v) is 5.06. The average Bonchev–Trinajstić information content (AvgIpc) is 3.45. The minimum absolute atomic E-state index is 0.473. The summed E-state index contributed by atoms with van der Waals surface area (Å²) < 4.78 is 19.4. The Morgan fingerprint density at radius 1 is 0.575 bits per heavy atom. The van der Waals surface area contributed by atoms with Crippen molar-refractivity contribution in [2.75, 3.05) is 0 Å². The number of rotatable bonds is 4. The lowest BCUT2D eigenvalue weighted by Gasteiger charge is -2.32. The Bertz CT molecular complexity index is 1790. The van der Waals surface area contributed by atoms with Crippen molar-refractivity contribution in [1.82, 2.24) is 15.0 Å². The molecule has 6 aromatic rings. The normalized spacial score (nSPS) is 16.1. The Morgan fingerprint density at radius 2 is 1.10 bits per heavy atom. The van der Waals surface area contributed by atoms with E-state index >= 15 is 0 Å². The summed E-state index contributed by atoms with van der Waals surface area (Å²) in [5.41, 5.74) is 4.03. The Balaban J connectivity index is 1.50. The van der Waals surface area contributed by atoms with Gasteiger partial charge in [0.05, 0.1) is 16.8 Å². The van der Waals surface area contributed by atoms with Gasteiger partial charge >= 0.3 is 7.12 Å². The van der Waals surface area contributed by atoms with Gasteiger partial charge in [-0.3, -0.25) is 0 Å². The van der Waals surface area contributed by atoms with Crippen LogP contribution in [0.25, 0.3) is 56.1 Å². The zero-order valence-corrected chi connectivity index (χ0v) is 22.9. The van der Waals surface area contributed by atoms with Crippen molar-refractivity contribution < 1.29 is 13.7 Å². The van der Waals surface area contributed by atoms with Gasteiger partial charge in [0.25, 0.3) is 0 Å². The van der Waals surface area contributed by atoms with Crippen molar-refractivity contribution in [1.29, 1.82) is 0 Å². The Morgan fingerprint density at radius 3 is 1.70 bits per heavy atom. The van der Waals surface area contributed by atoms with Gasteiger partial charge in [0.15, 0.2) is 17.5 Å². The van der Waals surface area contributed by atoms with Crippen molar-refractivity contribution in [3.63, 3.8) is 0 Å². The maximum atomic E-state index is 6.46. The van der Waals surface area contributed by atoms with E-state index in [0.717, 1.165) is 38.5 Å². The van der Waals surface area contributed by atoms with Crippen LogP contribution in [0.2, 0.25) is 0 Å². The molecule has 1 saturated heterocycles. The summed E-state index contributed by atoms with van der Waals surface area (Å²) in [6, 6.07) is 32.1. The summed E-state index contributed by atoms with van der Waals surface area (Å²) in [5.74, 6) is 1.71. The van der Waals surface area contributed by atoms with Gasteiger partial charge in [-0.15, -0.1) is 0 Å². The first-order chi connectivity index (χ1) is 19.3. The highest BCUT2D eigenvalue weighted by Crippen LogP contribution is 2.39. The summed E-state index contributed by atoms with van der Waals surface area (Å²) in [4.78, 5) is 14.8. The predicted octanol–water partition coefficient (Wildman–Crippen LogP) is 7.07. The fourth-order valence-electron chi connectivity index (χ4n) is 5.06. The number of fused-ring (bicyclic) bond motifs is 3. The zero-order valence-electron chi connectivity index (χ0n) is 22.9. The van der Waals surface area contributed by atoms with Crippen LogP contribution in [0.3, 0.4) is 0 Å². The summed E-state index contributed by atoms with van der Waals surface area (Å²) in [6.07, 6.45) is 0. The van der Waals surface area contributed by atoms with Crippen LogP contribution in [-0.4, -0.2) is 33.3 Å². The number of hydrogen-bond acceptors (Lipinski definition) is 6. The van der Waals surface area contributed by atoms with Crippen LogP contribution in [-0.2, 0) is 9.31 Å². The predicted molar refractivity (Wildman–Crippen MR) is 159 cm³/mol. The van der Waals surface area contributed by atoms with E-state index in [4.69, 9.17) is 28.7 Å². The minimum atomic E-state index is -0.550. The van der Waals surface area contributed by atoms with Crippen LogP contribution in [0.5, 0.6) is 0 Å². The minimum Gasteiger partial charge on any atom is -0.455 e. The lowest BCUT2D eigenvalue weighted by molar-refractivity contribution is 0.00578. The largest absolute Gasteiger partial charge is 0.494 e. The standard InChI is InChI=1S/C33H28BN3O3/c1-32(2)33(3,4)40-34(39-32)23-19-25-24-17-11-12-18-27(24)38-28(25)26(20-23)31-36-29(21-13-7-5-8-14-21)35-30(37-31)22-15-9-6-10-16-22/h5-20H,1-4H3. The molecular weight excluding hydrogens is 497 g/mol. The van der Waals surface area contributed by atoms with E-state index < -0.39 is 18.3 Å². The molecule has 0 bridgehead atoms. The molecule has 1 aliphatic heterocycles. The lowest BCUT2D eigenvalue weighted by Crippen LogP contribution is -2.41. The molecule has 40 heavy (non-hydrogen) atoms. The first-order valence-electron chi connectivity index (χ1n) is 13.5. The van der Waals surface area contributed by atoms with Crippen LogP contribution < -0.4 is 5.46 Å². The number of aromatic nitrogens is 3. The highest BCUT2D eigenvalue weighted by Gasteiger charge is 2.52. The van der Waals surface area contributed by atoms with Gasteiger partial charge in [-0.1, -0.05) is 84.9 Å². The van der Waals surface area contributed by atoms with Crippen LogP contribution in [0.15, 0.2) is 101 Å². The monoisotopic (exact) mass is 525 g/mol. The molecule has 0 amide bonds.